The van der Waals surface area contributed by atoms with Gasteiger partial charge in [0, 0.05) is 24.6 Å². The van der Waals surface area contributed by atoms with E-state index >= 15 is 0 Å². The second-order valence-corrected chi connectivity index (χ2v) is 18.2. The van der Waals surface area contributed by atoms with Crippen LogP contribution in [-0.2, 0) is 29.0 Å². The van der Waals surface area contributed by atoms with Gasteiger partial charge in [-0.1, -0.05) is 68.2 Å². The van der Waals surface area contributed by atoms with Crippen molar-refractivity contribution in [1.29, 1.82) is 0 Å². The number of sulfone groups is 1. The lowest BCUT2D eigenvalue weighted by Gasteiger charge is -2.13. The summed E-state index contributed by atoms with van der Waals surface area (Å²) in [6.45, 7) is 8.24. The van der Waals surface area contributed by atoms with Crippen molar-refractivity contribution in [3.05, 3.63) is 84.6 Å². The summed E-state index contributed by atoms with van der Waals surface area (Å²) in [7, 11) is -3.86. The van der Waals surface area contributed by atoms with Gasteiger partial charge in [-0.15, -0.1) is 0 Å². The molecular weight excluding hydrogens is 844 g/mol. The van der Waals surface area contributed by atoms with E-state index in [1.807, 2.05) is 51.2 Å². The number of carbonyl (C=O) groups excluding carboxylic acids is 4. The summed E-state index contributed by atoms with van der Waals surface area (Å²) < 4.78 is 74.4. The fourth-order valence-corrected chi connectivity index (χ4v) is 7.61. The molecule has 5 aromatic rings. The molecule has 15 nitrogen and oxygen atoms in total. The lowest BCUT2D eigenvalue weighted by atomic mass is 10.2. The Bertz CT molecular complexity index is 2360. The maximum atomic E-state index is 13.6. The van der Waals surface area contributed by atoms with Gasteiger partial charge >= 0.3 is 23.6 Å². The van der Waals surface area contributed by atoms with E-state index in [2.05, 4.69) is 30.9 Å². The molecule has 0 aliphatic carbocycles. The normalized spacial score (nSPS) is 11.0. The molecule has 4 N–H and O–H groups in total. The number of anilines is 4. The van der Waals surface area contributed by atoms with Gasteiger partial charge in [0.25, 0.3) is 0 Å². The van der Waals surface area contributed by atoms with Crippen LogP contribution < -0.4 is 30.7 Å². The number of pyridine rings is 1. The summed E-state index contributed by atoms with van der Waals surface area (Å²) in [6.07, 6.45) is 4.06. The number of amides is 4. The Kier molecular flexibility index (Phi) is 16.1. The molecule has 0 bridgehead atoms. The van der Waals surface area contributed by atoms with E-state index in [1.54, 1.807) is 12.4 Å². The summed E-state index contributed by atoms with van der Waals surface area (Å²) in [4.78, 5) is 60.2. The Labute approximate surface area is 343 Å². The largest absolute Gasteiger partial charge is 0.491 e. The summed E-state index contributed by atoms with van der Waals surface area (Å²) in [5, 5.41) is 9.85. The van der Waals surface area contributed by atoms with E-state index in [9.17, 15) is 40.8 Å². The number of thiazole rings is 2. The predicted molar refractivity (Wildman–Crippen MR) is 214 cm³/mol. The summed E-state index contributed by atoms with van der Waals surface area (Å²) in [5.74, 6) is -5.99. The first kappa shape index (κ1) is 45.1. The summed E-state index contributed by atoms with van der Waals surface area (Å²) >= 11 is 2.99. The van der Waals surface area contributed by atoms with Crippen LogP contribution in [0.15, 0.2) is 80.4 Å². The molecule has 0 saturated heterocycles. The smallest absolute Gasteiger partial charge is 0.315 e. The summed E-state index contributed by atoms with van der Waals surface area (Å²) in [6, 6.07) is 12.6. The van der Waals surface area contributed by atoms with E-state index < -0.39 is 60.4 Å². The molecule has 2 aromatic carbocycles. The number of rotatable bonds is 13. The molecule has 22 heteroatoms. The quantitative estimate of drug-likeness (QED) is 0.0894. The minimum atomic E-state index is -3.86. The van der Waals surface area contributed by atoms with Crippen LogP contribution in [0.25, 0.3) is 0 Å². The third-order valence-corrected chi connectivity index (χ3v) is 11.3. The molecule has 0 radical (unpaired) electrons. The molecule has 308 valence electrons. The Morgan fingerprint density at radius 1 is 0.724 bits per heavy atom. The van der Waals surface area contributed by atoms with Gasteiger partial charge in [0.1, 0.15) is 28.2 Å². The van der Waals surface area contributed by atoms with E-state index in [-0.39, 0.29) is 46.4 Å². The maximum Gasteiger partial charge on any atom is 0.315 e. The highest BCUT2D eigenvalue weighted by molar-refractivity contribution is 8.01. The zero-order valence-corrected chi connectivity index (χ0v) is 34.6. The van der Waals surface area contributed by atoms with Gasteiger partial charge in [0.2, 0.25) is 5.95 Å². The first-order valence-corrected chi connectivity index (χ1v) is 21.2. The van der Waals surface area contributed by atoms with Crippen molar-refractivity contribution in [3.63, 3.8) is 0 Å². The van der Waals surface area contributed by atoms with Crippen LogP contribution in [0.3, 0.4) is 0 Å². The standard InChI is InChI=1S/C20H19FN4O3S2.C16H17F2N3O5S2/c1-12(2)11-28-15-9-13(21)6-7-14(15)24-18(26)19(27)25-20-23-10-17(30-20)29-16-5-3-4-8-22-16;1-8(2)7-26-11-6-9(17)4-5-10(11)19-13(22)14(23)21-16-20-12(18)15(27-16)28(3,24)25/h3-10,12H,11H2,1-2H3,(H,24,26)(H,23,25,27);4-6,8H,7H2,1-3H3,(H,19,22)(H,20,21,23). The Hall–Kier alpha value is -5.58. The molecule has 0 saturated carbocycles. The number of halogens is 3. The predicted octanol–water partition coefficient (Wildman–Crippen LogP) is 6.88. The number of hydrogen-bond acceptors (Lipinski definition) is 14. The van der Waals surface area contributed by atoms with Crippen LogP contribution in [0.2, 0.25) is 0 Å². The average Bonchev–Trinajstić information content (AvgIpc) is 3.77. The van der Waals surface area contributed by atoms with Gasteiger partial charge in [-0.25, -0.2) is 27.2 Å². The number of nitrogens with one attached hydrogen (secondary N) is 4. The first-order valence-electron chi connectivity index (χ1n) is 16.9. The van der Waals surface area contributed by atoms with Crippen molar-refractivity contribution in [2.75, 3.05) is 40.7 Å². The van der Waals surface area contributed by atoms with E-state index in [1.165, 1.54) is 41.3 Å². The third kappa shape index (κ3) is 14.1. The van der Waals surface area contributed by atoms with Gasteiger partial charge in [-0.3, -0.25) is 29.8 Å². The molecule has 3 aromatic heterocycles. The molecule has 5 rings (SSSR count). The molecule has 4 amide bonds. The molecule has 58 heavy (non-hydrogen) atoms. The number of hydrogen-bond donors (Lipinski definition) is 4. The first-order chi connectivity index (χ1) is 27.4. The van der Waals surface area contributed by atoms with Crippen molar-refractivity contribution in [1.82, 2.24) is 15.0 Å². The monoisotopic (exact) mass is 879 g/mol. The van der Waals surface area contributed by atoms with E-state index in [0.29, 0.717) is 17.9 Å². The second-order valence-electron chi connectivity index (χ2n) is 12.6. The average molecular weight is 880 g/mol. The van der Waals surface area contributed by atoms with Crippen molar-refractivity contribution >= 4 is 89.5 Å². The molecule has 0 unspecified atom stereocenters. The van der Waals surface area contributed by atoms with Gasteiger partial charge in [-0.2, -0.15) is 9.37 Å². The van der Waals surface area contributed by atoms with Crippen molar-refractivity contribution in [3.8, 4) is 11.5 Å². The highest BCUT2D eigenvalue weighted by Gasteiger charge is 2.24. The maximum absolute atomic E-state index is 13.6. The zero-order chi connectivity index (χ0) is 42.6. The van der Waals surface area contributed by atoms with Gasteiger partial charge in [0.05, 0.1) is 35.0 Å². The van der Waals surface area contributed by atoms with Crippen LogP contribution in [0, 0.1) is 29.4 Å². The minimum Gasteiger partial charge on any atom is -0.491 e. The third-order valence-electron chi connectivity index (χ3n) is 6.60. The highest BCUT2D eigenvalue weighted by Crippen LogP contribution is 2.33. The Morgan fingerprint density at radius 2 is 1.24 bits per heavy atom. The van der Waals surface area contributed by atoms with E-state index in [4.69, 9.17) is 9.47 Å². The molecule has 0 atom stereocenters. The zero-order valence-electron chi connectivity index (χ0n) is 31.3. The molecule has 0 aliphatic rings. The van der Waals surface area contributed by atoms with Crippen LogP contribution in [-0.4, -0.2) is 66.5 Å². The van der Waals surface area contributed by atoms with Crippen molar-refractivity contribution in [2.24, 2.45) is 11.8 Å². The van der Waals surface area contributed by atoms with Gasteiger partial charge in [0.15, 0.2) is 24.3 Å². The van der Waals surface area contributed by atoms with Crippen LogP contribution in [0.1, 0.15) is 27.7 Å². The Morgan fingerprint density at radius 3 is 1.71 bits per heavy atom. The highest BCUT2D eigenvalue weighted by atomic mass is 32.2. The topological polar surface area (TPSA) is 208 Å². The fraction of sp³-hybridized carbons (Fsp3) is 0.250. The van der Waals surface area contributed by atoms with Crippen LogP contribution in [0.5, 0.6) is 11.5 Å². The summed E-state index contributed by atoms with van der Waals surface area (Å²) in [5.41, 5.74) is 0.270. The van der Waals surface area contributed by atoms with E-state index in [0.717, 1.165) is 33.7 Å². The number of aromatic nitrogens is 3. The lowest BCUT2D eigenvalue weighted by Crippen LogP contribution is -2.29. The fourth-order valence-electron chi connectivity index (χ4n) is 4.06. The minimum absolute atomic E-state index is 0.0366. The number of carbonyl (C=O) groups is 4. The van der Waals surface area contributed by atoms with Gasteiger partial charge in [-0.05, 0) is 48.2 Å². The SMILES string of the molecule is CC(C)COc1cc(F)ccc1NC(=O)C(=O)Nc1nc(F)c(S(C)(=O)=O)s1.CC(C)COc1cc(F)ccc1NC(=O)C(=O)Nc1ncc(Sc2ccccn2)s1. The molecular formula is C36H36F3N7O8S4. The molecule has 0 spiro atoms. The van der Waals surface area contributed by atoms with Gasteiger partial charge < -0.3 is 20.1 Å². The molecule has 0 aliphatic heterocycles. The number of ether oxygens (including phenoxy) is 2. The van der Waals surface area contributed by atoms with Crippen molar-refractivity contribution in [2.45, 2.75) is 41.1 Å². The number of nitrogens with zero attached hydrogens (tertiary/aromatic N) is 3. The van der Waals surface area contributed by atoms with Crippen LogP contribution in [0.4, 0.5) is 34.8 Å². The molecule has 0 fully saturated rings. The van der Waals surface area contributed by atoms with Crippen molar-refractivity contribution < 1.29 is 50.2 Å². The lowest BCUT2D eigenvalue weighted by molar-refractivity contribution is -0.133. The Balaban J connectivity index is 0.000000257. The van der Waals surface area contributed by atoms with Crippen LogP contribution >= 0.6 is 34.4 Å². The number of benzene rings is 2. The molecule has 3 heterocycles. The second kappa shape index (κ2) is 20.7.